The molecular weight excluding hydrogens is 709 g/mol. The van der Waals surface area contributed by atoms with E-state index in [4.69, 9.17) is 14.2 Å². The van der Waals surface area contributed by atoms with Gasteiger partial charge in [0.15, 0.2) is 6.10 Å². The SMILES string of the molecule is CCCCC/C=C\C/C=C\CCCCCCCCCC(=O)OCC(COC(=O)CCCCCCCCC)OC(=O)CCCCCCC/C=C\CCCCCCCC. The van der Waals surface area contributed by atoms with Gasteiger partial charge in [-0.3, -0.25) is 14.4 Å². The van der Waals surface area contributed by atoms with Crippen LogP contribution in [-0.2, 0) is 28.6 Å². The maximum absolute atomic E-state index is 12.7. The molecule has 1 unspecified atom stereocenters. The van der Waals surface area contributed by atoms with Crippen LogP contribution in [0, 0.1) is 0 Å². The number of ether oxygens (including phenoxy) is 3. The van der Waals surface area contributed by atoms with Crippen LogP contribution in [0.3, 0.4) is 0 Å². The molecule has 0 aliphatic heterocycles. The van der Waals surface area contributed by atoms with Gasteiger partial charge in [-0.2, -0.15) is 0 Å². The van der Waals surface area contributed by atoms with E-state index in [0.717, 1.165) is 77.0 Å². The number of hydrogen-bond donors (Lipinski definition) is 0. The van der Waals surface area contributed by atoms with Gasteiger partial charge in [0.1, 0.15) is 13.2 Å². The third kappa shape index (κ3) is 44.6. The first-order valence-corrected chi connectivity index (χ1v) is 24.5. The van der Waals surface area contributed by atoms with Crippen LogP contribution < -0.4 is 0 Å². The van der Waals surface area contributed by atoms with Crippen molar-refractivity contribution in [3.63, 3.8) is 0 Å². The predicted octanol–water partition coefficient (Wildman–Crippen LogP) is 15.8. The summed E-state index contributed by atoms with van der Waals surface area (Å²) in [6.07, 6.45) is 52.8. The Morgan fingerprint density at radius 1 is 0.351 bits per heavy atom. The average molecular weight is 801 g/mol. The summed E-state index contributed by atoms with van der Waals surface area (Å²) in [5.74, 6) is -0.894. The molecule has 0 bridgehead atoms. The summed E-state index contributed by atoms with van der Waals surface area (Å²) in [6, 6.07) is 0. The van der Waals surface area contributed by atoms with E-state index in [9.17, 15) is 14.4 Å². The first-order chi connectivity index (χ1) is 28.0. The van der Waals surface area contributed by atoms with Crippen molar-refractivity contribution in [2.24, 2.45) is 0 Å². The molecule has 6 nitrogen and oxygen atoms in total. The van der Waals surface area contributed by atoms with E-state index >= 15 is 0 Å². The number of rotatable bonds is 44. The second-order valence-electron chi connectivity index (χ2n) is 16.4. The zero-order chi connectivity index (χ0) is 41.5. The predicted molar refractivity (Wildman–Crippen MR) is 242 cm³/mol. The van der Waals surface area contributed by atoms with Crippen LogP contribution in [-0.4, -0.2) is 37.2 Å². The Kier molecular flexibility index (Phi) is 44.4. The molecule has 0 saturated heterocycles. The Bertz CT molecular complexity index is 969. The van der Waals surface area contributed by atoms with E-state index in [1.165, 1.54) is 135 Å². The fraction of sp³-hybridized carbons (Fsp3) is 0.824. The van der Waals surface area contributed by atoms with E-state index in [-0.39, 0.29) is 31.1 Å². The van der Waals surface area contributed by atoms with Gasteiger partial charge in [0, 0.05) is 19.3 Å². The summed E-state index contributed by atoms with van der Waals surface area (Å²) in [6.45, 7) is 6.56. The third-order valence-corrected chi connectivity index (χ3v) is 10.6. The number of esters is 3. The van der Waals surface area contributed by atoms with Crippen LogP contribution in [0.2, 0.25) is 0 Å². The van der Waals surface area contributed by atoms with Crippen molar-refractivity contribution >= 4 is 17.9 Å². The molecule has 0 aromatic carbocycles. The van der Waals surface area contributed by atoms with Crippen molar-refractivity contribution in [1.82, 2.24) is 0 Å². The molecular formula is C51H92O6. The maximum atomic E-state index is 12.7. The summed E-state index contributed by atoms with van der Waals surface area (Å²) >= 11 is 0. The standard InChI is InChI=1S/C51H92O6/c1-4-7-10-13-16-18-20-22-24-25-27-28-30-32-35-38-41-44-50(53)56-47-48(46-55-49(52)43-40-37-34-15-12-9-6-3)57-51(54)45-42-39-36-33-31-29-26-23-21-19-17-14-11-8-5-2/h16,18,22-24,26,48H,4-15,17,19-21,25,27-47H2,1-3H3/b18-16-,24-22-,26-23-. The highest BCUT2D eigenvalue weighted by Crippen LogP contribution is 2.14. The van der Waals surface area contributed by atoms with Crippen molar-refractivity contribution in [1.29, 1.82) is 0 Å². The van der Waals surface area contributed by atoms with Gasteiger partial charge in [-0.25, -0.2) is 0 Å². The molecule has 0 rings (SSSR count). The van der Waals surface area contributed by atoms with E-state index in [1.807, 2.05) is 0 Å². The Labute approximate surface area is 353 Å². The van der Waals surface area contributed by atoms with Crippen LogP contribution in [0.4, 0.5) is 0 Å². The lowest BCUT2D eigenvalue weighted by atomic mass is 10.1. The molecule has 0 fully saturated rings. The van der Waals surface area contributed by atoms with Crippen molar-refractivity contribution in [3.05, 3.63) is 36.5 Å². The fourth-order valence-electron chi connectivity index (χ4n) is 6.88. The van der Waals surface area contributed by atoms with Crippen LogP contribution in [0.5, 0.6) is 0 Å². The topological polar surface area (TPSA) is 78.9 Å². The monoisotopic (exact) mass is 801 g/mol. The molecule has 0 aliphatic carbocycles. The summed E-state index contributed by atoms with van der Waals surface area (Å²) in [4.78, 5) is 37.7. The lowest BCUT2D eigenvalue weighted by Gasteiger charge is -2.18. The quantitative estimate of drug-likeness (QED) is 0.0264. The second-order valence-corrected chi connectivity index (χ2v) is 16.4. The van der Waals surface area contributed by atoms with Crippen LogP contribution in [0.25, 0.3) is 0 Å². The number of unbranched alkanes of at least 4 members (excludes halogenated alkanes) is 27. The van der Waals surface area contributed by atoms with Gasteiger partial charge >= 0.3 is 17.9 Å². The maximum Gasteiger partial charge on any atom is 0.306 e. The molecule has 0 aromatic rings. The van der Waals surface area contributed by atoms with Crippen molar-refractivity contribution in [3.8, 4) is 0 Å². The molecule has 0 radical (unpaired) electrons. The van der Waals surface area contributed by atoms with Gasteiger partial charge in [-0.1, -0.05) is 192 Å². The summed E-state index contributed by atoms with van der Waals surface area (Å²) in [5.41, 5.74) is 0. The number of allylic oxidation sites excluding steroid dienone is 6. The molecule has 0 saturated carbocycles. The Morgan fingerprint density at radius 3 is 1.02 bits per heavy atom. The van der Waals surface area contributed by atoms with Gasteiger partial charge in [-0.05, 0) is 77.0 Å². The van der Waals surface area contributed by atoms with E-state index in [2.05, 4.69) is 57.2 Å². The van der Waals surface area contributed by atoms with Gasteiger partial charge in [0.05, 0.1) is 0 Å². The molecule has 1 atom stereocenters. The molecule has 0 aromatic heterocycles. The first kappa shape index (κ1) is 54.6. The zero-order valence-corrected chi connectivity index (χ0v) is 37.9. The minimum Gasteiger partial charge on any atom is -0.462 e. The highest BCUT2D eigenvalue weighted by atomic mass is 16.6. The van der Waals surface area contributed by atoms with Crippen LogP contribution in [0.1, 0.15) is 252 Å². The average Bonchev–Trinajstić information content (AvgIpc) is 3.21. The molecule has 332 valence electrons. The van der Waals surface area contributed by atoms with Crippen LogP contribution >= 0.6 is 0 Å². The largest absolute Gasteiger partial charge is 0.462 e. The van der Waals surface area contributed by atoms with E-state index in [0.29, 0.717) is 19.3 Å². The Balaban J connectivity index is 4.29. The van der Waals surface area contributed by atoms with E-state index in [1.54, 1.807) is 0 Å². The molecule has 0 N–H and O–H groups in total. The van der Waals surface area contributed by atoms with Crippen molar-refractivity contribution < 1.29 is 28.6 Å². The summed E-state index contributed by atoms with van der Waals surface area (Å²) in [7, 11) is 0. The lowest BCUT2D eigenvalue weighted by molar-refractivity contribution is -0.167. The Morgan fingerprint density at radius 2 is 0.632 bits per heavy atom. The number of carbonyl (C=O) groups excluding carboxylic acids is 3. The molecule has 0 heterocycles. The van der Waals surface area contributed by atoms with Crippen LogP contribution in [0.15, 0.2) is 36.5 Å². The highest BCUT2D eigenvalue weighted by molar-refractivity contribution is 5.71. The second kappa shape index (κ2) is 46.3. The molecule has 0 spiro atoms. The zero-order valence-electron chi connectivity index (χ0n) is 37.9. The van der Waals surface area contributed by atoms with Gasteiger partial charge in [0.25, 0.3) is 0 Å². The summed E-state index contributed by atoms with van der Waals surface area (Å²) in [5, 5.41) is 0. The lowest BCUT2D eigenvalue weighted by Crippen LogP contribution is -2.30. The fourth-order valence-corrected chi connectivity index (χ4v) is 6.88. The van der Waals surface area contributed by atoms with E-state index < -0.39 is 6.10 Å². The molecule has 6 heteroatoms. The Hall–Kier alpha value is -2.37. The first-order valence-electron chi connectivity index (χ1n) is 24.5. The minimum atomic E-state index is -0.774. The number of hydrogen-bond acceptors (Lipinski definition) is 6. The minimum absolute atomic E-state index is 0.0767. The van der Waals surface area contributed by atoms with Gasteiger partial charge in [0.2, 0.25) is 0 Å². The van der Waals surface area contributed by atoms with Gasteiger partial charge < -0.3 is 14.2 Å². The summed E-state index contributed by atoms with van der Waals surface area (Å²) < 4.78 is 16.7. The molecule has 0 aliphatic rings. The smallest absolute Gasteiger partial charge is 0.306 e. The van der Waals surface area contributed by atoms with Crippen molar-refractivity contribution in [2.45, 2.75) is 258 Å². The highest BCUT2D eigenvalue weighted by Gasteiger charge is 2.19. The van der Waals surface area contributed by atoms with Gasteiger partial charge in [-0.15, -0.1) is 0 Å². The van der Waals surface area contributed by atoms with Crippen molar-refractivity contribution in [2.75, 3.05) is 13.2 Å². The molecule has 0 amide bonds. The molecule has 57 heavy (non-hydrogen) atoms. The number of carbonyl (C=O) groups is 3. The third-order valence-electron chi connectivity index (χ3n) is 10.6. The normalized spacial score (nSPS) is 12.3.